The van der Waals surface area contributed by atoms with E-state index >= 15 is 0 Å². The third kappa shape index (κ3) is 2.72. The molecule has 1 aromatic carbocycles. The minimum absolute atomic E-state index is 0.0618. The molecule has 0 aromatic heterocycles. The van der Waals surface area contributed by atoms with E-state index in [4.69, 9.17) is 9.47 Å². The first-order valence-corrected chi connectivity index (χ1v) is 7.11. The van der Waals surface area contributed by atoms with Crippen LogP contribution in [0, 0.1) is 11.8 Å². The Balaban J connectivity index is 1.51. The summed E-state index contributed by atoms with van der Waals surface area (Å²) in [6.45, 7) is 4.72. The molecule has 1 aromatic rings. The number of amides is 1. The molecule has 0 saturated carbocycles. The van der Waals surface area contributed by atoms with E-state index in [1.54, 1.807) is 0 Å². The van der Waals surface area contributed by atoms with Gasteiger partial charge in [-0.3, -0.25) is 4.79 Å². The highest BCUT2D eigenvalue weighted by atomic mass is 16.6. The first-order chi connectivity index (χ1) is 9.74. The molecule has 2 aliphatic heterocycles. The van der Waals surface area contributed by atoms with Crippen molar-refractivity contribution in [3.05, 3.63) is 24.3 Å². The van der Waals surface area contributed by atoms with Gasteiger partial charge in [0.15, 0.2) is 11.5 Å². The van der Waals surface area contributed by atoms with Gasteiger partial charge in [-0.2, -0.15) is 0 Å². The Bertz CT molecular complexity index is 492. The Morgan fingerprint density at radius 1 is 1.35 bits per heavy atom. The van der Waals surface area contributed by atoms with Crippen LogP contribution in [0.15, 0.2) is 24.3 Å². The molecule has 0 bridgehead atoms. The lowest BCUT2D eigenvalue weighted by atomic mass is 9.97. The van der Waals surface area contributed by atoms with Gasteiger partial charge in [-0.05, 0) is 24.6 Å². The zero-order valence-electron chi connectivity index (χ0n) is 11.6. The smallest absolute Gasteiger partial charge is 0.224 e. The molecule has 1 amide bonds. The van der Waals surface area contributed by atoms with Gasteiger partial charge in [0.2, 0.25) is 5.91 Å². The second kappa shape index (κ2) is 5.71. The molecule has 5 nitrogen and oxygen atoms in total. The summed E-state index contributed by atoms with van der Waals surface area (Å²) in [5, 5.41) is 6.21. The van der Waals surface area contributed by atoms with Crippen molar-refractivity contribution in [2.24, 2.45) is 11.8 Å². The van der Waals surface area contributed by atoms with Gasteiger partial charge >= 0.3 is 0 Å². The standard InChI is InChI=1S/C15H20N2O3/c1-10-6-16-8-12(10)15(18)17-7-11-9-19-13-4-2-3-5-14(13)20-11/h2-5,10-12,16H,6-9H2,1H3,(H,17,18)/t10-,11?,12-/m1/s1. The molecule has 1 fully saturated rings. The Morgan fingerprint density at radius 2 is 2.15 bits per heavy atom. The van der Waals surface area contributed by atoms with Gasteiger partial charge in [0.05, 0.1) is 12.5 Å². The average Bonchev–Trinajstić information content (AvgIpc) is 2.91. The largest absolute Gasteiger partial charge is 0.486 e. The van der Waals surface area contributed by atoms with Crippen molar-refractivity contribution in [1.29, 1.82) is 0 Å². The quantitative estimate of drug-likeness (QED) is 0.857. The number of hydrogen-bond donors (Lipinski definition) is 2. The van der Waals surface area contributed by atoms with Crippen LogP contribution in [0.25, 0.3) is 0 Å². The minimum atomic E-state index is -0.126. The van der Waals surface area contributed by atoms with Crippen molar-refractivity contribution < 1.29 is 14.3 Å². The lowest BCUT2D eigenvalue weighted by Gasteiger charge is -2.27. The Morgan fingerprint density at radius 3 is 2.90 bits per heavy atom. The minimum Gasteiger partial charge on any atom is -0.486 e. The van der Waals surface area contributed by atoms with Crippen molar-refractivity contribution in [1.82, 2.24) is 10.6 Å². The number of ether oxygens (including phenoxy) is 2. The molecular weight excluding hydrogens is 256 g/mol. The number of para-hydroxylation sites is 2. The van der Waals surface area contributed by atoms with Crippen molar-refractivity contribution in [3.63, 3.8) is 0 Å². The maximum absolute atomic E-state index is 12.1. The van der Waals surface area contributed by atoms with Crippen LogP contribution in [0.4, 0.5) is 0 Å². The summed E-state index contributed by atoms with van der Waals surface area (Å²) >= 11 is 0. The molecule has 2 aliphatic rings. The van der Waals surface area contributed by atoms with Crippen molar-refractivity contribution >= 4 is 5.91 Å². The molecule has 20 heavy (non-hydrogen) atoms. The molecule has 2 heterocycles. The van der Waals surface area contributed by atoms with E-state index in [0.717, 1.165) is 24.6 Å². The second-order valence-electron chi connectivity index (χ2n) is 5.48. The van der Waals surface area contributed by atoms with E-state index in [0.29, 0.717) is 19.1 Å². The van der Waals surface area contributed by atoms with Crippen LogP contribution in [0.3, 0.4) is 0 Å². The summed E-state index contributed by atoms with van der Waals surface area (Å²) in [6.07, 6.45) is -0.126. The van der Waals surface area contributed by atoms with Crippen LogP contribution in [0.5, 0.6) is 11.5 Å². The molecule has 3 rings (SSSR count). The summed E-state index contributed by atoms with van der Waals surface area (Å²) in [5.41, 5.74) is 0. The van der Waals surface area contributed by atoms with Gasteiger partial charge in [0.1, 0.15) is 12.7 Å². The van der Waals surface area contributed by atoms with Crippen molar-refractivity contribution in [2.75, 3.05) is 26.2 Å². The maximum Gasteiger partial charge on any atom is 0.224 e. The predicted molar refractivity (Wildman–Crippen MR) is 74.9 cm³/mol. The third-order valence-corrected chi connectivity index (χ3v) is 3.93. The monoisotopic (exact) mass is 276 g/mol. The molecule has 1 saturated heterocycles. The lowest BCUT2D eigenvalue weighted by Crippen LogP contribution is -2.43. The van der Waals surface area contributed by atoms with Gasteiger partial charge in [0.25, 0.3) is 0 Å². The van der Waals surface area contributed by atoms with Gasteiger partial charge in [-0.25, -0.2) is 0 Å². The first kappa shape index (κ1) is 13.2. The Hall–Kier alpha value is -1.75. The van der Waals surface area contributed by atoms with Gasteiger partial charge in [0, 0.05) is 6.54 Å². The lowest BCUT2D eigenvalue weighted by molar-refractivity contribution is -0.125. The van der Waals surface area contributed by atoms with Crippen molar-refractivity contribution in [3.8, 4) is 11.5 Å². The maximum atomic E-state index is 12.1. The zero-order chi connectivity index (χ0) is 13.9. The molecular formula is C15H20N2O3. The van der Waals surface area contributed by atoms with Crippen molar-refractivity contribution in [2.45, 2.75) is 13.0 Å². The number of rotatable bonds is 3. The molecule has 5 heteroatoms. The second-order valence-corrected chi connectivity index (χ2v) is 5.48. The Labute approximate surface area is 118 Å². The van der Waals surface area contributed by atoms with Crippen LogP contribution in [-0.4, -0.2) is 38.3 Å². The zero-order valence-corrected chi connectivity index (χ0v) is 11.6. The molecule has 0 spiro atoms. The van der Waals surface area contributed by atoms with Crippen LogP contribution in [0.2, 0.25) is 0 Å². The van der Waals surface area contributed by atoms with E-state index in [1.807, 2.05) is 24.3 Å². The highest BCUT2D eigenvalue weighted by Crippen LogP contribution is 2.30. The fourth-order valence-electron chi connectivity index (χ4n) is 2.67. The normalized spacial score (nSPS) is 28.1. The third-order valence-electron chi connectivity index (χ3n) is 3.93. The topological polar surface area (TPSA) is 59.6 Å². The predicted octanol–water partition coefficient (Wildman–Crippen LogP) is 0.798. The summed E-state index contributed by atoms with van der Waals surface area (Å²) in [5.74, 6) is 2.06. The molecule has 1 unspecified atom stereocenters. The molecule has 0 radical (unpaired) electrons. The number of nitrogens with one attached hydrogen (secondary N) is 2. The number of hydrogen-bond acceptors (Lipinski definition) is 4. The van der Waals surface area contributed by atoms with E-state index < -0.39 is 0 Å². The molecule has 108 valence electrons. The van der Waals surface area contributed by atoms with E-state index in [9.17, 15) is 4.79 Å². The molecule has 3 atom stereocenters. The van der Waals surface area contributed by atoms with Crippen LogP contribution in [0.1, 0.15) is 6.92 Å². The summed E-state index contributed by atoms with van der Waals surface area (Å²) < 4.78 is 11.4. The fraction of sp³-hybridized carbons (Fsp3) is 0.533. The number of carbonyl (C=O) groups excluding carboxylic acids is 1. The van der Waals surface area contributed by atoms with E-state index in [-0.39, 0.29) is 17.9 Å². The van der Waals surface area contributed by atoms with Gasteiger partial charge in [-0.15, -0.1) is 0 Å². The van der Waals surface area contributed by atoms with E-state index in [1.165, 1.54) is 0 Å². The van der Waals surface area contributed by atoms with Gasteiger partial charge in [-0.1, -0.05) is 19.1 Å². The SMILES string of the molecule is C[C@@H]1CNC[C@H]1C(=O)NCC1COc2ccccc2O1. The van der Waals surface area contributed by atoms with E-state index in [2.05, 4.69) is 17.6 Å². The number of carbonyl (C=O) groups is 1. The molecule has 2 N–H and O–H groups in total. The summed E-state index contributed by atoms with van der Waals surface area (Å²) in [7, 11) is 0. The highest BCUT2D eigenvalue weighted by molar-refractivity contribution is 5.79. The van der Waals surface area contributed by atoms with Gasteiger partial charge < -0.3 is 20.1 Å². The molecule has 0 aliphatic carbocycles. The summed E-state index contributed by atoms with van der Waals surface area (Å²) in [4.78, 5) is 12.1. The average molecular weight is 276 g/mol. The summed E-state index contributed by atoms with van der Waals surface area (Å²) in [6, 6.07) is 7.59. The number of fused-ring (bicyclic) bond motifs is 1. The highest BCUT2D eigenvalue weighted by Gasteiger charge is 2.30. The van der Waals surface area contributed by atoms with Crippen LogP contribution in [-0.2, 0) is 4.79 Å². The fourth-order valence-corrected chi connectivity index (χ4v) is 2.67. The van der Waals surface area contributed by atoms with Crippen LogP contribution >= 0.6 is 0 Å². The first-order valence-electron chi connectivity index (χ1n) is 7.11. The van der Waals surface area contributed by atoms with Crippen LogP contribution < -0.4 is 20.1 Å². The number of benzene rings is 1. The Kier molecular flexibility index (Phi) is 3.78.